The second kappa shape index (κ2) is 21.9. The highest BCUT2D eigenvalue weighted by Gasteiger charge is 2.16. The summed E-state index contributed by atoms with van der Waals surface area (Å²) in [7, 11) is 15.3. The van der Waals surface area contributed by atoms with E-state index >= 15 is 0 Å². The van der Waals surface area contributed by atoms with Gasteiger partial charge in [0.25, 0.3) is 0 Å². The van der Waals surface area contributed by atoms with Crippen LogP contribution in [0.2, 0.25) is 0 Å². The van der Waals surface area contributed by atoms with Crippen LogP contribution in [-0.2, 0) is 13.1 Å². The van der Waals surface area contributed by atoms with E-state index in [1.807, 2.05) is 21.6 Å². The van der Waals surface area contributed by atoms with Crippen molar-refractivity contribution in [3.05, 3.63) is 125 Å². The van der Waals surface area contributed by atoms with Crippen LogP contribution < -0.4 is 14.0 Å². The summed E-state index contributed by atoms with van der Waals surface area (Å²) in [6.45, 7) is 8.97. The van der Waals surface area contributed by atoms with Crippen molar-refractivity contribution in [2.75, 3.05) is 77.8 Å². The summed E-state index contributed by atoms with van der Waals surface area (Å²) >= 11 is 0. The molecule has 51 heavy (non-hydrogen) atoms. The molecule has 5 nitrogen and oxygen atoms in total. The van der Waals surface area contributed by atoms with Crippen LogP contribution in [-0.4, -0.2) is 82.3 Å². The Balaban J connectivity index is 1.04. The molecule has 0 saturated carbocycles. The number of hydrogen-bond donors (Lipinski definition) is 0. The van der Waals surface area contributed by atoms with Gasteiger partial charge in [-0.1, -0.05) is 63.5 Å². The lowest BCUT2D eigenvalue weighted by Crippen LogP contribution is -2.43. The van der Waals surface area contributed by atoms with Crippen molar-refractivity contribution in [2.45, 2.75) is 45.7 Å². The molecule has 7 heteroatoms. The molecule has 2 heterocycles. The number of unbranched alkanes of at least 4 members (excludes halogenated alkanes) is 2. The molecule has 0 atom stereocenters. The number of nitrogens with zero attached hydrogens (tertiary/aromatic N) is 5. The highest BCUT2D eigenvalue weighted by atomic mass is 33.1. The number of aryl methyl sites for hydroxylation is 3. The van der Waals surface area contributed by atoms with Gasteiger partial charge in [-0.2, -0.15) is 9.13 Å². The molecule has 0 amide bonds. The summed E-state index contributed by atoms with van der Waals surface area (Å²) < 4.78 is 5.86. The van der Waals surface area contributed by atoms with Crippen molar-refractivity contribution in [2.24, 2.45) is 0 Å². The summed E-state index contributed by atoms with van der Waals surface area (Å²) in [5, 5.41) is 0. The van der Waals surface area contributed by atoms with Crippen molar-refractivity contribution < 1.29 is 13.6 Å². The third kappa shape index (κ3) is 15.4. The van der Waals surface area contributed by atoms with Crippen LogP contribution in [0.15, 0.2) is 97.3 Å². The van der Waals surface area contributed by atoms with E-state index in [9.17, 15) is 0 Å². The first-order chi connectivity index (χ1) is 24.7. The van der Waals surface area contributed by atoms with Gasteiger partial charge in [0, 0.05) is 87.8 Å². The Kier molecular flexibility index (Phi) is 17.3. The molecule has 0 bridgehead atoms. The number of anilines is 1. The maximum absolute atomic E-state index is 2.50. The molecule has 2 aromatic carbocycles. The summed E-state index contributed by atoms with van der Waals surface area (Å²) in [6.07, 6.45) is 18.2. The van der Waals surface area contributed by atoms with E-state index in [0.29, 0.717) is 0 Å². The average Bonchev–Trinajstić information content (AvgIpc) is 3.13. The van der Waals surface area contributed by atoms with E-state index in [-0.39, 0.29) is 0 Å². The SMILES string of the molecule is Cc1ccc(C=Cc2cccc[n+]2CCCC[N+](C)(C)CCSSCCN(C)CCCC[n+]2ccccc2C=Cc2ccc(N(C)C)cc2)cc1. The van der Waals surface area contributed by atoms with Crippen LogP contribution in [0.5, 0.6) is 0 Å². The fourth-order valence-electron chi connectivity index (χ4n) is 5.92. The van der Waals surface area contributed by atoms with Gasteiger partial charge < -0.3 is 14.3 Å². The van der Waals surface area contributed by atoms with Gasteiger partial charge in [0.15, 0.2) is 12.4 Å². The number of hydrogen-bond acceptors (Lipinski definition) is 4. The smallest absolute Gasteiger partial charge is 0.205 e. The first-order valence-electron chi connectivity index (χ1n) is 18.6. The highest BCUT2D eigenvalue weighted by Crippen LogP contribution is 2.22. The highest BCUT2D eigenvalue weighted by molar-refractivity contribution is 8.76. The number of aromatic nitrogens is 2. The minimum Gasteiger partial charge on any atom is -0.378 e. The zero-order valence-electron chi connectivity index (χ0n) is 32.1. The lowest BCUT2D eigenvalue weighted by Gasteiger charge is -2.29. The van der Waals surface area contributed by atoms with Crippen LogP contribution in [0.3, 0.4) is 0 Å². The van der Waals surface area contributed by atoms with Gasteiger partial charge in [-0.25, -0.2) is 0 Å². The summed E-state index contributed by atoms with van der Waals surface area (Å²) in [5.41, 5.74) is 7.50. The van der Waals surface area contributed by atoms with Gasteiger partial charge in [0.05, 0.1) is 32.9 Å². The van der Waals surface area contributed by atoms with E-state index in [1.165, 1.54) is 84.0 Å². The maximum Gasteiger partial charge on any atom is 0.205 e. The van der Waals surface area contributed by atoms with E-state index in [2.05, 4.69) is 183 Å². The normalized spacial score (nSPS) is 12.1. The molecule has 0 unspecified atom stereocenters. The maximum atomic E-state index is 2.50. The first-order valence-corrected chi connectivity index (χ1v) is 21.1. The third-order valence-corrected chi connectivity index (χ3v) is 11.7. The molecule has 272 valence electrons. The Morgan fingerprint density at radius 1 is 0.588 bits per heavy atom. The van der Waals surface area contributed by atoms with Crippen LogP contribution in [0, 0.1) is 6.92 Å². The predicted octanol–water partition coefficient (Wildman–Crippen LogP) is 8.63. The minimum atomic E-state index is 1.05. The molecule has 4 aromatic rings. The second-order valence-electron chi connectivity index (χ2n) is 14.4. The number of benzene rings is 2. The lowest BCUT2D eigenvalue weighted by atomic mass is 10.1. The van der Waals surface area contributed by atoms with Crippen LogP contribution in [0.25, 0.3) is 24.3 Å². The van der Waals surface area contributed by atoms with Crippen molar-refractivity contribution >= 4 is 51.6 Å². The summed E-state index contributed by atoms with van der Waals surface area (Å²) in [6, 6.07) is 30.4. The van der Waals surface area contributed by atoms with Gasteiger partial charge in [-0.05, 0) is 74.5 Å². The second-order valence-corrected chi connectivity index (χ2v) is 17.1. The van der Waals surface area contributed by atoms with E-state index in [0.717, 1.165) is 30.7 Å². The summed E-state index contributed by atoms with van der Waals surface area (Å²) in [5.74, 6) is 2.39. The Bertz CT molecular complexity index is 1630. The molecule has 0 aliphatic carbocycles. The van der Waals surface area contributed by atoms with Gasteiger partial charge >= 0.3 is 0 Å². The molecule has 0 fully saturated rings. The Morgan fingerprint density at radius 2 is 1.14 bits per heavy atom. The average molecular weight is 725 g/mol. The van der Waals surface area contributed by atoms with Gasteiger partial charge in [0.2, 0.25) is 11.4 Å². The third-order valence-electron chi connectivity index (χ3n) is 9.35. The molecular weight excluding hydrogens is 663 g/mol. The number of rotatable bonds is 22. The number of quaternary nitrogens is 1. The minimum absolute atomic E-state index is 1.05. The molecule has 0 spiro atoms. The lowest BCUT2D eigenvalue weighted by molar-refractivity contribution is -0.888. The topological polar surface area (TPSA) is 14.2 Å². The van der Waals surface area contributed by atoms with E-state index in [1.54, 1.807) is 0 Å². The van der Waals surface area contributed by atoms with Crippen LogP contribution in [0.1, 0.15) is 53.8 Å². The fraction of sp³-hybridized carbons (Fsp3) is 0.409. The summed E-state index contributed by atoms with van der Waals surface area (Å²) in [4.78, 5) is 4.63. The Hall–Kier alpha value is -3.36. The Morgan fingerprint density at radius 3 is 1.73 bits per heavy atom. The predicted molar refractivity (Wildman–Crippen MR) is 226 cm³/mol. The van der Waals surface area contributed by atoms with Crippen LogP contribution in [0.4, 0.5) is 5.69 Å². The molecule has 2 aromatic heterocycles. The van der Waals surface area contributed by atoms with E-state index < -0.39 is 0 Å². The molecular formula is C44H62N5S2+3. The monoisotopic (exact) mass is 724 g/mol. The Labute approximate surface area is 317 Å². The van der Waals surface area contributed by atoms with E-state index in [4.69, 9.17) is 0 Å². The molecule has 4 rings (SSSR count). The zero-order chi connectivity index (χ0) is 36.3. The molecule has 0 aliphatic heterocycles. The number of pyridine rings is 2. The first kappa shape index (κ1) is 40.4. The molecule has 0 aliphatic rings. The standard InChI is InChI=1S/C44H62N5S2/c1-39-17-19-40(20-18-39)23-27-44-16-8-10-31-48(44)33-13-14-35-49(5,6)36-38-51-50-37-34-46(4)29-11-12-32-47-30-9-7-15-43(47)28-24-41-21-25-42(26-22-41)45(2)3/h7-10,15-28,30-31H,11-14,29,32-38H2,1-6H3/q+3. The van der Waals surface area contributed by atoms with Crippen molar-refractivity contribution in [1.82, 2.24) is 4.90 Å². The van der Waals surface area contributed by atoms with Gasteiger partial charge in [0.1, 0.15) is 13.1 Å². The van der Waals surface area contributed by atoms with Crippen molar-refractivity contribution in [3.8, 4) is 0 Å². The van der Waals surface area contributed by atoms with Crippen molar-refractivity contribution in [3.63, 3.8) is 0 Å². The van der Waals surface area contributed by atoms with Gasteiger partial charge in [-0.3, -0.25) is 0 Å². The van der Waals surface area contributed by atoms with Crippen LogP contribution >= 0.6 is 21.6 Å². The molecule has 0 saturated heterocycles. The quantitative estimate of drug-likeness (QED) is 0.0349. The van der Waals surface area contributed by atoms with Crippen molar-refractivity contribution in [1.29, 1.82) is 0 Å². The molecule has 0 N–H and O–H groups in total. The zero-order valence-corrected chi connectivity index (χ0v) is 33.7. The largest absolute Gasteiger partial charge is 0.378 e. The molecule has 0 radical (unpaired) electrons. The fourth-order valence-corrected chi connectivity index (χ4v) is 8.26. The van der Waals surface area contributed by atoms with Gasteiger partial charge in [-0.15, -0.1) is 0 Å².